The Labute approximate surface area is 87.8 Å². The van der Waals surface area contributed by atoms with Crippen LogP contribution in [0.4, 0.5) is 5.95 Å². The van der Waals surface area contributed by atoms with Gasteiger partial charge in [0.25, 0.3) is 5.56 Å². The molecule has 74 valence electrons. The van der Waals surface area contributed by atoms with Crippen molar-refractivity contribution < 1.29 is 0 Å². The van der Waals surface area contributed by atoms with Gasteiger partial charge in [-0.15, -0.1) is 5.10 Å². The van der Waals surface area contributed by atoms with E-state index in [4.69, 9.17) is 5.73 Å². The van der Waals surface area contributed by atoms with Gasteiger partial charge in [-0.1, -0.05) is 23.5 Å². The topological polar surface area (TPSA) is 73.3 Å². The van der Waals surface area contributed by atoms with Crippen molar-refractivity contribution in [1.82, 2.24) is 14.6 Å². The van der Waals surface area contributed by atoms with Crippen molar-refractivity contribution in [3.05, 3.63) is 34.6 Å². The van der Waals surface area contributed by atoms with Crippen molar-refractivity contribution in [1.29, 1.82) is 0 Å². The van der Waals surface area contributed by atoms with Gasteiger partial charge in [-0.05, 0) is 12.1 Å². The number of aromatic nitrogens is 3. The molecule has 0 fully saturated rings. The van der Waals surface area contributed by atoms with E-state index in [0.29, 0.717) is 10.3 Å². The number of fused-ring (bicyclic) bond motifs is 2. The molecular formula is C9H6N4OS. The molecular weight excluding hydrogens is 212 g/mol. The lowest BCUT2D eigenvalue weighted by atomic mass is 10.3. The lowest BCUT2D eigenvalue weighted by Gasteiger charge is -1.94. The Morgan fingerprint density at radius 2 is 2.13 bits per heavy atom. The van der Waals surface area contributed by atoms with E-state index in [1.54, 1.807) is 6.07 Å². The molecule has 0 aliphatic heterocycles. The zero-order chi connectivity index (χ0) is 10.4. The van der Waals surface area contributed by atoms with E-state index in [2.05, 4.69) is 10.1 Å². The second-order valence-electron chi connectivity index (χ2n) is 3.07. The summed E-state index contributed by atoms with van der Waals surface area (Å²) >= 11 is 1.40. The third-order valence-corrected chi connectivity index (χ3v) is 3.13. The van der Waals surface area contributed by atoms with Gasteiger partial charge in [0.05, 0.1) is 5.39 Å². The van der Waals surface area contributed by atoms with Crippen molar-refractivity contribution in [2.24, 2.45) is 0 Å². The average Bonchev–Trinajstić information content (AvgIpc) is 2.59. The summed E-state index contributed by atoms with van der Waals surface area (Å²) < 4.78 is 2.13. The Bertz CT molecular complexity index is 715. The van der Waals surface area contributed by atoms with Crippen LogP contribution in [0.2, 0.25) is 0 Å². The third-order valence-electron chi connectivity index (χ3n) is 2.10. The van der Waals surface area contributed by atoms with Crippen LogP contribution in [-0.2, 0) is 0 Å². The van der Waals surface area contributed by atoms with E-state index < -0.39 is 0 Å². The van der Waals surface area contributed by atoms with Crippen molar-refractivity contribution in [3.63, 3.8) is 0 Å². The Morgan fingerprint density at radius 1 is 1.33 bits per heavy atom. The first kappa shape index (κ1) is 8.37. The molecule has 0 aliphatic carbocycles. The van der Waals surface area contributed by atoms with Crippen LogP contribution in [0, 0.1) is 0 Å². The number of nitrogen functional groups attached to an aromatic ring is 1. The molecule has 3 rings (SSSR count). The lowest BCUT2D eigenvalue weighted by Crippen LogP contribution is -2.13. The van der Waals surface area contributed by atoms with Gasteiger partial charge in [0.15, 0.2) is 0 Å². The first-order chi connectivity index (χ1) is 7.25. The van der Waals surface area contributed by atoms with Crippen LogP contribution in [-0.4, -0.2) is 14.6 Å². The molecule has 3 aromatic rings. The van der Waals surface area contributed by atoms with Crippen molar-refractivity contribution in [2.45, 2.75) is 0 Å². The second kappa shape index (κ2) is 2.77. The molecule has 0 atom stereocenters. The van der Waals surface area contributed by atoms with Gasteiger partial charge in [0.1, 0.15) is 0 Å². The van der Waals surface area contributed by atoms with E-state index in [1.807, 2.05) is 18.2 Å². The fourth-order valence-electron chi connectivity index (χ4n) is 1.46. The molecule has 0 radical (unpaired) electrons. The molecule has 6 heteroatoms. The molecule has 5 nitrogen and oxygen atoms in total. The van der Waals surface area contributed by atoms with Crippen LogP contribution < -0.4 is 11.3 Å². The van der Waals surface area contributed by atoms with Crippen LogP contribution in [0.25, 0.3) is 15.0 Å². The maximum Gasteiger partial charge on any atom is 0.282 e. The summed E-state index contributed by atoms with van der Waals surface area (Å²) in [6, 6.07) is 7.36. The molecule has 2 N–H and O–H groups in total. The van der Waals surface area contributed by atoms with Crippen molar-refractivity contribution >= 4 is 32.3 Å². The summed E-state index contributed by atoms with van der Waals surface area (Å²) in [6.45, 7) is 0. The van der Waals surface area contributed by atoms with Gasteiger partial charge in [0, 0.05) is 4.70 Å². The normalized spacial score (nSPS) is 11.2. The summed E-state index contributed by atoms with van der Waals surface area (Å²) in [5, 5.41) is 4.48. The maximum absolute atomic E-state index is 11.9. The molecule has 0 spiro atoms. The smallest absolute Gasteiger partial charge is 0.282 e. The standard InChI is InChI=1S/C9H6N4OS/c10-8-11-9-13(12-8)7(14)5-3-1-2-4-6(5)15-9/h1-4H,(H2,10,12). The number of nitrogens with two attached hydrogens (primary N) is 1. The van der Waals surface area contributed by atoms with Crippen LogP contribution in [0.1, 0.15) is 0 Å². The Hall–Kier alpha value is -1.95. The van der Waals surface area contributed by atoms with Gasteiger partial charge in [-0.25, -0.2) is 0 Å². The minimum Gasteiger partial charge on any atom is -0.366 e. The van der Waals surface area contributed by atoms with Gasteiger partial charge in [-0.3, -0.25) is 4.79 Å². The second-order valence-corrected chi connectivity index (χ2v) is 4.08. The summed E-state index contributed by atoms with van der Waals surface area (Å²) in [5.41, 5.74) is 5.27. The quantitative estimate of drug-likeness (QED) is 0.608. The molecule has 2 aromatic heterocycles. The SMILES string of the molecule is Nc1nc2sc3ccccc3c(=O)n2n1. The van der Waals surface area contributed by atoms with Crippen LogP contribution in [0.5, 0.6) is 0 Å². The van der Waals surface area contributed by atoms with E-state index >= 15 is 0 Å². The lowest BCUT2D eigenvalue weighted by molar-refractivity contribution is 0.945. The third kappa shape index (κ3) is 1.11. The predicted molar refractivity (Wildman–Crippen MR) is 59.1 cm³/mol. The highest BCUT2D eigenvalue weighted by atomic mass is 32.1. The summed E-state index contributed by atoms with van der Waals surface area (Å²) in [4.78, 5) is 16.4. The Morgan fingerprint density at radius 3 is 3.00 bits per heavy atom. The predicted octanol–water partition coefficient (Wildman–Crippen LogP) is 0.886. The minimum absolute atomic E-state index is 0.124. The first-order valence-electron chi connectivity index (χ1n) is 4.30. The fraction of sp³-hybridized carbons (Fsp3) is 0. The Kier molecular flexibility index (Phi) is 1.54. The highest BCUT2D eigenvalue weighted by Crippen LogP contribution is 2.18. The molecule has 0 aliphatic rings. The minimum atomic E-state index is -0.177. The van der Waals surface area contributed by atoms with E-state index in [1.165, 1.54) is 15.9 Å². The van der Waals surface area contributed by atoms with Crippen molar-refractivity contribution in [3.8, 4) is 0 Å². The summed E-state index contributed by atoms with van der Waals surface area (Å²) in [7, 11) is 0. The number of hydrogen-bond acceptors (Lipinski definition) is 5. The molecule has 0 saturated heterocycles. The molecule has 1 aromatic carbocycles. The van der Waals surface area contributed by atoms with Crippen LogP contribution >= 0.6 is 11.3 Å². The molecule has 15 heavy (non-hydrogen) atoms. The highest BCUT2D eigenvalue weighted by molar-refractivity contribution is 7.23. The van der Waals surface area contributed by atoms with Crippen LogP contribution in [0.3, 0.4) is 0 Å². The number of benzene rings is 1. The van der Waals surface area contributed by atoms with Crippen LogP contribution in [0.15, 0.2) is 29.1 Å². The van der Waals surface area contributed by atoms with Gasteiger partial charge < -0.3 is 5.73 Å². The summed E-state index contributed by atoms with van der Waals surface area (Å²) in [6.07, 6.45) is 0. The maximum atomic E-state index is 11.9. The Balaban J connectivity index is 2.65. The molecule has 0 amide bonds. The monoisotopic (exact) mass is 218 g/mol. The number of hydrogen-bond donors (Lipinski definition) is 1. The number of nitrogens with zero attached hydrogens (tertiary/aromatic N) is 3. The average molecular weight is 218 g/mol. The zero-order valence-electron chi connectivity index (χ0n) is 7.54. The number of rotatable bonds is 0. The molecule has 2 heterocycles. The molecule has 0 saturated carbocycles. The van der Waals surface area contributed by atoms with Crippen molar-refractivity contribution in [2.75, 3.05) is 5.73 Å². The molecule has 0 unspecified atom stereocenters. The van der Waals surface area contributed by atoms with E-state index in [-0.39, 0.29) is 11.5 Å². The fourth-order valence-corrected chi connectivity index (χ4v) is 2.41. The highest BCUT2D eigenvalue weighted by Gasteiger charge is 2.07. The van der Waals surface area contributed by atoms with Gasteiger partial charge >= 0.3 is 0 Å². The summed E-state index contributed by atoms with van der Waals surface area (Å²) in [5.74, 6) is 0.124. The number of anilines is 1. The zero-order valence-corrected chi connectivity index (χ0v) is 8.36. The van der Waals surface area contributed by atoms with Gasteiger partial charge in [0.2, 0.25) is 10.9 Å². The van der Waals surface area contributed by atoms with Gasteiger partial charge in [-0.2, -0.15) is 9.50 Å². The van der Waals surface area contributed by atoms with E-state index in [9.17, 15) is 4.79 Å². The molecule has 0 bridgehead atoms. The largest absolute Gasteiger partial charge is 0.366 e. The van der Waals surface area contributed by atoms with E-state index in [0.717, 1.165) is 4.70 Å². The first-order valence-corrected chi connectivity index (χ1v) is 5.11.